The summed E-state index contributed by atoms with van der Waals surface area (Å²) in [6, 6.07) is 34.0. The molecule has 2 heteroatoms. The SMILES string of the molecule is Cc1ccccc1P[C]1([Ti][c]2cccc3c2Cc2ccccc2-3)C=Cc2ccccc21. The van der Waals surface area contributed by atoms with Gasteiger partial charge in [0.05, 0.1) is 0 Å². The van der Waals surface area contributed by atoms with Gasteiger partial charge < -0.3 is 0 Å². The van der Waals surface area contributed by atoms with Crippen molar-refractivity contribution in [3.8, 4) is 11.1 Å². The standard InChI is InChI=1S/C16H14P.C13H9.Ti/c1-12-6-2-5-9-15(12)17-16-11-10-13-7-3-4-8-14(13)16;1-3-7-12-10(5-1)9-11-6-2-4-8-13(11)12;/h2-11,17H,1H3;1-5,7-8H,9H2;. The van der Waals surface area contributed by atoms with Crippen molar-refractivity contribution in [1.82, 2.24) is 0 Å². The van der Waals surface area contributed by atoms with Crippen molar-refractivity contribution < 1.29 is 19.2 Å². The van der Waals surface area contributed by atoms with Crippen molar-refractivity contribution in [1.29, 1.82) is 0 Å². The van der Waals surface area contributed by atoms with E-state index in [2.05, 4.69) is 110 Å². The van der Waals surface area contributed by atoms with E-state index in [4.69, 9.17) is 0 Å². The molecule has 148 valence electrons. The first-order chi connectivity index (χ1) is 15.2. The Kier molecular flexibility index (Phi) is 4.84. The van der Waals surface area contributed by atoms with Gasteiger partial charge in [0.25, 0.3) is 0 Å². The van der Waals surface area contributed by atoms with Crippen molar-refractivity contribution in [2.45, 2.75) is 16.8 Å². The predicted molar refractivity (Wildman–Crippen MR) is 131 cm³/mol. The van der Waals surface area contributed by atoms with Crippen molar-refractivity contribution in [2.24, 2.45) is 0 Å². The molecule has 2 unspecified atom stereocenters. The van der Waals surface area contributed by atoms with Crippen molar-refractivity contribution in [3.63, 3.8) is 0 Å². The number of allylic oxidation sites excluding steroid dienone is 1. The predicted octanol–water partition coefficient (Wildman–Crippen LogP) is 6.16. The van der Waals surface area contributed by atoms with Gasteiger partial charge in [-0.15, -0.1) is 0 Å². The quantitative estimate of drug-likeness (QED) is 0.227. The maximum atomic E-state index is 2.55. The molecule has 2 atom stereocenters. The van der Waals surface area contributed by atoms with Crippen LogP contribution in [0.15, 0.2) is 97.1 Å². The zero-order chi connectivity index (χ0) is 20.8. The zero-order valence-electron chi connectivity index (χ0n) is 17.5. The Labute approximate surface area is 195 Å². The Morgan fingerprint density at radius 1 is 0.774 bits per heavy atom. The zero-order valence-corrected chi connectivity index (χ0v) is 20.1. The van der Waals surface area contributed by atoms with Crippen LogP contribution in [0.4, 0.5) is 0 Å². The minimum absolute atomic E-state index is 0.145. The van der Waals surface area contributed by atoms with E-state index < -0.39 is 19.2 Å². The third-order valence-electron chi connectivity index (χ3n) is 6.56. The Balaban J connectivity index is 1.47. The fraction of sp³-hybridized carbons (Fsp3) is 0.103. The Hall–Kier alpha value is -2.24. The minimum atomic E-state index is -0.454. The van der Waals surface area contributed by atoms with Gasteiger partial charge in [0, 0.05) is 0 Å². The summed E-state index contributed by atoms with van der Waals surface area (Å²) in [5.41, 5.74) is 10.3. The summed E-state index contributed by atoms with van der Waals surface area (Å²) < 4.78 is 1.77. The van der Waals surface area contributed by atoms with Gasteiger partial charge in [0.15, 0.2) is 0 Å². The van der Waals surface area contributed by atoms with Crippen LogP contribution in [0.5, 0.6) is 0 Å². The van der Waals surface area contributed by atoms with E-state index in [9.17, 15) is 0 Å². The fourth-order valence-corrected chi connectivity index (χ4v) is 10.3. The van der Waals surface area contributed by atoms with Crippen LogP contribution in [-0.4, -0.2) is 0 Å². The molecule has 2 aliphatic rings. The molecule has 4 aromatic rings. The summed E-state index contributed by atoms with van der Waals surface area (Å²) in [6.45, 7) is 2.26. The molecule has 2 aliphatic carbocycles. The van der Waals surface area contributed by atoms with Crippen molar-refractivity contribution >= 4 is 23.8 Å². The van der Waals surface area contributed by atoms with Gasteiger partial charge >= 0.3 is 196 Å². The molecule has 0 saturated carbocycles. The molecule has 0 spiro atoms. The summed E-state index contributed by atoms with van der Waals surface area (Å²) in [4.78, 5) is 0. The van der Waals surface area contributed by atoms with Crippen LogP contribution < -0.4 is 9.17 Å². The molecule has 0 fully saturated rings. The molecular weight excluding hydrogens is 427 g/mol. The second kappa shape index (κ2) is 7.72. The van der Waals surface area contributed by atoms with E-state index in [-0.39, 0.29) is 3.46 Å². The van der Waals surface area contributed by atoms with Gasteiger partial charge in [0.1, 0.15) is 0 Å². The summed E-state index contributed by atoms with van der Waals surface area (Å²) in [5, 5.41) is 1.50. The van der Waals surface area contributed by atoms with Crippen LogP contribution >= 0.6 is 8.58 Å². The monoisotopic (exact) mass is 450 g/mol. The van der Waals surface area contributed by atoms with Gasteiger partial charge in [-0.05, 0) is 0 Å². The number of aryl methyl sites for hydroxylation is 1. The maximum absolute atomic E-state index is 2.55. The van der Waals surface area contributed by atoms with Crippen molar-refractivity contribution in [2.75, 3.05) is 0 Å². The number of fused-ring (bicyclic) bond motifs is 4. The average Bonchev–Trinajstić information content (AvgIpc) is 3.36. The summed E-state index contributed by atoms with van der Waals surface area (Å²) in [7, 11) is 0.763. The van der Waals surface area contributed by atoms with E-state index in [0.29, 0.717) is 0 Å². The molecule has 0 bridgehead atoms. The number of hydrogen-bond acceptors (Lipinski definition) is 0. The van der Waals surface area contributed by atoms with E-state index in [1.807, 2.05) is 0 Å². The van der Waals surface area contributed by atoms with E-state index >= 15 is 0 Å². The Morgan fingerprint density at radius 3 is 2.48 bits per heavy atom. The van der Waals surface area contributed by atoms with Gasteiger partial charge in [-0.2, -0.15) is 0 Å². The topological polar surface area (TPSA) is 0 Å². The summed E-state index contributed by atoms with van der Waals surface area (Å²) in [5.74, 6) is 0. The molecular formula is C29H23PTi. The van der Waals surface area contributed by atoms with Crippen LogP contribution in [0.3, 0.4) is 0 Å². The van der Waals surface area contributed by atoms with Gasteiger partial charge in [-0.1, -0.05) is 0 Å². The normalized spacial score (nSPS) is 18.2. The second-order valence-corrected chi connectivity index (χ2v) is 13.3. The molecule has 0 nitrogen and oxygen atoms in total. The number of benzene rings is 4. The van der Waals surface area contributed by atoms with Crippen LogP contribution in [0.1, 0.15) is 27.8 Å². The first-order valence-electron chi connectivity index (χ1n) is 10.8. The fourth-order valence-electron chi connectivity index (χ4n) is 4.97. The van der Waals surface area contributed by atoms with Crippen molar-refractivity contribution in [3.05, 3.63) is 125 Å². The molecule has 0 saturated heterocycles. The van der Waals surface area contributed by atoms with Crippen LogP contribution in [0, 0.1) is 6.92 Å². The number of hydrogen-bond donors (Lipinski definition) is 0. The molecule has 6 rings (SSSR count). The Bertz CT molecular complexity index is 1340. The first-order valence-corrected chi connectivity index (χ1v) is 13.4. The molecule has 31 heavy (non-hydrogen) atoms. The molecule has 4 aromatic carbocycles. The second-order valence-electron chi connectivity index (χ2n) is 8.46. The molecule has 0 aliphatic heterocycles. The van der Waals surface area contributed by atoms with E-state index in [1.165, 1.54) is 38.7 Å². The van der Waals surface area contributed by atoms with E-state index in [0.717, 1.165) is 15.0 Å². The first kappa shape index (κ1) is 19.4. The molecule has 0 radical (unpaired) electrons. The molecule has 0 amide bonds. The van der Waals surface area contributed by atoms with Crippen LogP contribution in [-0.2, 0) is 29.0 Å². The summed E-state index contributed by atoms with van der Waals surface area (Å²) >= 11 is -0.454. The van der Waals surface area contributed by atoms with Gasteiger partial charge in [-0.25, -0.2) is 0 Å². The van der Waals surface area contributed by atoms with Crippen LogP contribution in [0.25, 0.3) is 17.2 Å². The third kappa shape index (κ3) is 3.30. The van der Waals surface area contributed by atoms with Crippen LogP contribution in [0.2, 0.25) is 0 Å². The van der Waals surface area contributed by atoms with Gasteiger partial charge in [-0.3, -0.25) is 0 Å². The van der Waals surface area contributed by atoms with E-state index in [1.54, 1.807) is 9.43 Å². The molecule has 0 N–H and O–H groups in total. The molecule has 0 aromatic heterocycles. The average molecular weight is 450 g/mol. The summed E-state index contributed by atoms with van der Waals surface area (Å²) in [6.07, 6.45) is 6.01. The third-order valence-corrected chi connectivity index (χ3v) is 11.8. The molecule has 0 heterocycles. The Morgan fingerprint density at radius 2 is 1.55 bits per heavy atom. The number of rotatable bonds is 4. The van der Waals surface area contributed by atoms with Gasteiger partial charge in [0.2, 0.25) is 0 Å².